The number of nitrogens with zero attached hydrogens (tertiary/aromatic N) is 2. The third kappa shape index (κ3) is 4.14. The number of sulfone groups is 1. The predicted molar refractivity (Wildman–Crippen MR) is 113 cm³/mol. The molecule has 1 atom stereocenters. The van der Waals surface area contributed by atoms with Crippen LogP contribution in [-0.4, -0.2) is 43.1 Å². The van der Waals surface area contributed by atoms with Crippen LogP contribution in [0.15, 0.2) is 59.5 Å². The average Bonchev–Trinajstić information content (AvgIpc) is 2.73. The van der Waals surface area contributed by atoms with E-state index in [0.717, 1.165) is 41.6 Å². The number of aromatic nitrogens is 1. The molecule has 8 heteroatoms. The maximum atomic E-state index is 13.1. The summed E-state index contributed by atoms with van der Waals surface area (Å²) in [6.45, 7) is 0.856. The normalized spacial score (nSPS) is 17.2. The van der Waals surface area contributed by atoms with Gasteiger partial charge in [0.05, 0.1) is 21.8 Å². The van der Waals surface area contributed by atoms with Crippen molar-refractivity contribution in [2.24, 2.45) is 0 Å². The van der Waals surface area contributed by atoms with E-state index >= 15 is 0 Å². The average molecular weight is 428 g/mol. The zero-order chi connectivity index (χ0) is 21.3. The van der Waals surface area contributed by atoms with E-state index < -0.39 is 27.3 Å². The first kappa shape index (κ1) is 20.3. The van der Waals surface area contributed by atoms with Crippen LogP contribution in [0.3, 0.4) is 0 Å². The molecule has 3 aromatic rings. The molecule has 1 aliphatic rings. The van der Waals surface area contributed by atoms with Gasteiger partial charge in [-0.05, 0) is 49.2 Å². The number of pyridine rings is 1. The van der Waals surface area contributed by atoms with E-state index in [4.69, 9.17) is 10.7 Å². The molecule has 1 aromatic heterocycles. The molecule has 2 N–H and O–H groups in total. The molecular weight excluding hydrogens is 405 g/mol. The maximum Gasteiger partial charge on any atom is 0.238 e. The van der Waals surface area contributed by atoms with Gasteiger partial charge in [-0.25, -0.2) is 12.8 Å². The maximum absolute atomic E-state index is 13.1. The number of fused-ring (bicyclic) bond motifs is 1. The number of hydrogen-bond donors (Lipinski definition) is 1. The zero-order valence-corrected chi connectivity index (χ0v) is 17.1. The minimum absolute atomic E-state index is 0.0548. The summed E-state index contributed by atoms with van der Waals surface area (Å²) in [5, 5.41) is 0.952. The molecule has 2 aromatic carbocycles. The zero-order valence-electron chi connectivity index (χ0n) is 16.3. The van der Waals surface area contributed by atoms with Crippen molar-refractivity contribution in [3.05, 3.63) is 66.1 Å². The van der Waals surface area contributed by atoms with E-state index in [1.807, 2.05) is 30.3 Å². The lowest BCUT2D eigenvalue weighted by atomic mass is 9.92. The first-order valence-electron chi connectivity index (χ1n) is 9.75. The molecule has 156 valence electrons. The molecule has 1 saturated heterocycles. The Bertz CT molecular complexity index is 1200. The highest BCUT2D eigenvalue weighted by molar-refractivity contribution is 7.92. The van der Waals surface area contributed by atoms with Crippen molar-refractivity contribution in [1.82, 2.24) is 9.88 Å². The van der Waals surface area contributed by atoms with Crippen LogP contribution in [0.4, 0.5) is 10.1 Å². The highest BCUT2D eigenvalue weighted by Gasteiger charge is 2.30. The van der Waals surface area contributed by atoms with E-state index in [0.29, 0.717) is 18.8 Å². The molecule has 30 heavy (non-hydrogen) atoms. The minimum Gasteiger partial charge on any atom is -0.397 e. The third-order valence-corrected chi connectivity index (χ3v) is 7.05. The second-order valence-corrected chi connectivity index (χ2v) is 9.54. The van der Waals surface area contributed by atoms with Crippen molar-refractivity contribution in [1.29, 1.82) is 0 Å². The predicted octanol–water partition coefficient (Wildman–Crippen LogP) is 3.14. The highest BCUT2D eigenvalue weighted by atomic mass is 32.2. The van der Waals surface area contributed by atoms with Crippen LogP contribution >= 0.6 is 0 Å². The number of anilines is 1. The van der Waals surface area contributed by atoms with Gasteiger partial charge in [-0.1, -0.05) is 18.2 Å². The van der Waals surface area contributed by atoms with Crippen molar-refractivity contribution in [3.8, 4) is 0 Å². The molecule has 2 heterocycles. The summed E-state index contributed by atoms with van der Waals surface area (Å²) in [5.41, 5.74) is 8.39. The second kappa shape index (κ2) is 8.02. The van der Waals surface area contributed by atoms with Crippen molar-refractivity contribution in [2.75, 3.05) is 24.6 Å². The molecule has 6 nitrogen and oxygen atoms in total. The summed E-state index contributed by atoms with van der Waals surface area (Å²) >= 11 is 0. The van der Waals surface area contributed by atoms with Gasteiger partial charge >= 0.3 is 0 Å². The smallest absolute Gasteiger partial charge is 0.238 e. The number of benzene rings is 2. The number of rotatable bonds is 4. The molecule has 1 aliphatic heterocycles. The Labute approximate surface area is 174 Å². The van der Waals surface area contributed by atoms with E-state index in [1.165, 1.54) is 12.1 Å². The number of nitrogens with two attached hydrogens (primary N) is 1. The first-order chi connectivity index (χ1) is 14.3. The molecule has 0 unspecified atom stereocenters. The SMILES string of the molecule is Nc1cc2ccccc2nc1[C@@H]1CCCN(C(=O)CS(=O)(=O)c2ccc(F)cc2)C1. The lowest BCUT2D eigenvalue weighted by Crippen LogP contribution is -2.42. The van der Waals surface area contributed by atoms with Crippen molar-refractivity contribution >= 4 is 32.3 Å². The van der Waals surface area contributed by atoms with Gasteiger partial charge in [-0.15, -0.1) is 0 Å². The van der Waals surface area contributed by atoms with Crippen LogP contribution in [0, 0.1) is 5.82 Å². The summed E-state index contributed by atoms with van der Waals surface area (Å²) < 4.78 is 38.2. The van der Waals surface area contributed by atoms with Crippen molar-refractivity contribution in [3.63, 3.8) is 0 Å². The van der Waals surface area contributed by atoms with Crippen LogP contribution < -0.4 is 5.73 Å². The standard InChI is InChI=1S/C22H22FN3O3S/c23-17-7-9-18(10-8-17)30(28,29)14-21(27)26-11-3-5-16(13-26)22-19(24)12-15-4-1-2-6-20(15)25-22/h1-2,4,6-10,12,16H,3,5,11,13-14,24H2/t16-/m1/s1. The summed E-state index contributed by atoms with van der Waals surface area (Å²) in [7, 11) is -3.84. The first-order valence-corrected chi connectivity index (χ1v) is 11.4. The van der Waals surface area contributed by atoms with E-state index in [2.05, 4.69) is 0 Å². The number of amides is 1. The van der Waals surface area contributed by atoms with Crippen LogP contribution in [0.2, 0.25) is 0 Å². The van der Waals surface area contributed by atoms with Gasteiger partial charge in [0.15, 0.2) is 9.84 Å². The van der Waals surface area contributed by atoms with Crippen LogP contribution in [0.5, 0.6) is 0 Å². The second-order valence-electron chi connectivity index (χ2n) is 7.55. The Hall–Kier alpha value is -3.00. The lowest BCUT2D eigenvalue weighted by molar-refractivity contribution is -0.129. The Balaban J connectivity index is 1.52. The molecule has 0 bridgehead atoms. The largest absolute Gasteiger partial charge is 0.397 e. The van der Waals surface area contributed by atoms with Crippen molar-refractivity contribution < 1.29 is 17.6 Å². The number of piperidine rings is 1. The molecule has 4 rings (SSSR count). The Morgan fingerprint density at radius 3 is 2.67 bits per heavy atom. The Morgan fingerprint density at radius 1 is 1.17 bits per heavy atom. The summed E-state index contributed by atoms with van der Waals surface area (Å²) in [6, 6.07) is 14.1. The molecule has 1 fully saturated rings. The van der Waals surface area contributed by atoms with Gasteiger partial charge in [0.25, 0.3) is 0 Å². The van der Waals surface area contributed by atoms with E-state index in [-0.39, 0.29) is 10.8 Å². The van der Waals surface area contributed by atoms with Gasteiger partial charge in [0.2, 0.25) is 5.91 Å². The molecule has 1 amide bonds. The van der Waals surface area contributed by atoms with E-state index in [1.54, 1.807) is 4.90 Å². The Kier molecular flexibility index (Phi) is 5.42. The third-order valence-electron chi connectivity index (χ3n) is 5.43. The molecule has 0 aliphatic carbocycles. The number of nitrogen functional groups attached to an aromatic ring is 1. The molecule has 0 radical (unpaired) electrons. The van der Waals surface area contributed by atoms with Crippen LogP contribution in [0.25, 0.3) is 10.9 Å². The molecule has 0 spiro atoms. The number of para-hydroxylation sites is 1. The number of likely N-dealkylation sites (tertiary alicyclic amines) is 1. The number of carbonyl (C=O) groups is 1. The van der Waals surface area contributed by atoms with Gasteiger partial charge in [-0.2, -0.15) is 0 Å². The highest BCUT2D eigenvalue weighted by Crippen LogP contribution is 2.31. The van der Waals surface area contributed by atoms with E-state index in [9.17, 15) is 17.6 Å². The van der Waals surface area contributed by atoms with Crippen LogP contribution in [-0.2, 0) is 14.6 Å². The summed E-state index contributed by atoms with van der Waals surface area (Å²) in [6.07, 6.45) is 1.56. The topological polar surface area (TPSA) is 93.4 Å². The number of carbonyl (C=O) groups excluding carboxylic acids is 1. The quantitative estimate of drug-likeness (QED) is 0.646. The van der Waals surface area contributed by atoms with Crippen LogP contribution in [0.1, 0.15) is 24.5 Å². The van der Waals surface area contributed by atoms with Gasteiger partial charge in [0.1, 0.15) is 11.6 Å². The Morgan fingerprint density at radius 2 is 1.90 bits per heavy atom. The number of hydrogen-bond acceptors (Lipinski definition) is 5. The van der Waals surface area contributed by atoms with Gasteiger partial charge in [0, 0.05) is 24.4 Å². The lowest BCUT2D eigenvalue weighted by Gasteiger charge is -2.33. The van der Waals surface area contributed by atoms with Crippen molar-refractivity contribution in [2.45, 2.75) is 23.7 Å². The minimum atomic E-state index is -3.84. The monoisotopic (exact) mass is 427 g/mol. The number of halogens is 1. The fraction of sp³-hybridized carbons (Fsp3) is 0.273. The van der Waals surface area contributed by atoms with Gasteiger partial charge < -0.3 is 10.6 Å². The van der Waals surface area contributed by atoms with Gasteiger partial charge in [-0.3, -0.25) is 9.78 Å². The fourth-order valence-electron chi connectivity index (χ4n) is 3.88. The summed E-state index contributed by atoms with van der Waals surface area (Å²) in [5.74, 6) is -1.70. The molecular formula is C22H22FN3O3S. The summed E-state index contributed by atoms with van der Waals surface area (Å²) in [4.78, 5) is 19.0. The fourth-order valence-corrected chi connectivity index (χ4v) is 5.11. The molecule has 0 saturated carbocycles.